The van der Waals surface area contributed by atoms with Crippen LogP contribution in [0.1, 0.15) is 19.3 Å². The predicted octanol–water partition coefficient (Wildman–Crippen LogP) is 2.11. The molecule has 0 heterocycles. The summed E-state index contributed by atoms with van der Waals surface area (Å²) < 4.78 is 34.5. The van der Waals surface area contributed by atoms with E-state index < -0.39 is 12.7 Å². The smallest absolute Gasteiger partial charge is 0.306 e. The van der Waals surface area contributed by atoms with E-state index in [9.17, 15) is 13.2 Å². The van der Waals surface area contributed by atoms with E-state index >= 15 is 0 Å². The topological polar surface area (TPSA) is 12.0 Å². The van der Waals surface area contributed by atoms with Gasteiger partial charge in [-0.2, -0.15) is 13.2 Å². The van der Waals surface area contributed by atoms with E-state index in [-0.39, 0.29) is 18.4 Å². The van der Waals surface area contributed by atoms with Gasteiger partial charge in [-0.25, -0.2) is 0 Å². The Morgan fingerprint density at radius 1 is 1.27 bits per heavy atom. The molecule has 1 fully saturated rings. The summed E-state index contributed by atoms with van der Waals surface area (Å²) in [6.07, 6.45) is -1.18. The van der Waals surface area contributed by atoms with Gasteiger partial charge in [-0.15, -0.1) is 12.4 Å². The first kappa shape index (κ1) is 11.0. The molecule has 0 saturated heterocycles. The highest BCUT2D eigenvalue weighted by Gasteiger charge is 2.29. The molecular weight excluding hydrogens is 179 g/mol. The minimum Gasteiger partial charge on any atom is -0.306 e. The molecule has 68 valence electrons. The van der Waals surface area contributed by atoms with Crippen molar-refractivity contribution >= 4 is 12.4 Å². The van der Waals surface area contributed by atoms with Gasteiger partial charge in [0.25, 0.3) is 0 Å². The lowest BCUT2D eigenvalue weighted by Gasteiger charge is -2.26. The van der Waals surface area contributed by atoms with Crippen LogP contribution in [0.15, 0.2) is 0 Å². The van der Waals surface area contributed by atoms with Gasteiger partial charge in [0.15, 0.2) is 0 Å². The Balaban J connectivity index is 0.000001000. The molecule has 1 aliphatic carbocycles. The maximum Gasteiger partial charge on any atom is 0.401 e. The van der Waals surface area contributed by atoms with Crippen molar-refractivity contribution in [1.82, 2.24) is 5.32 Å². The van der Waals surface area contributed by atoms with Gasteiger partial charge < -0.3 is 5.32 Å². The van der Waals surface area contributed by atoms with Gasteiger partial charge in [0, 0.05) is 6.04 Å². The highest BCUT2D eigenvalue weighted by atomic mass is 35.5. The van der Waals surface area contributed by atoms with Crippen molar-refractivity contribution in [2.75, 3.05) is 6.54 Å². The SMILES string of the molecule is Cl.FC(F)(F)CNC1CCC1. The van der Waals surface area contributed by atoms with Crippen LogP contribution in [-0.2, 0) is 0 Å². The average molecular weight is 190 g/mol. The fourth-order valence-corrected chi connectivity index (χ4v) is 0.872. The van der Waals surface area contributed by atoms with Gasteiger partial charge in [-0.1, -0.05) is 6.42 Å². The Morgan fingerprint density at radius 3 is 2.09 bits per heavy atom. The number of halogens is 4. The molecule has 11 heavy (non-hydrogen) atoms. The summed E-state index contributed by atoms with van der Waals surface area (Å²) in [6, 6.07) is 0.127. The van der Waals surface area contributed by atoms with Crippen LogP contribution in [0, 0.1) is 0 Å². The molecule has 0 unspecified atom stereocenters. The summed E-state index contributed by atoms with van der Waals surface area (Å²) in [7, 11) is 0. The van der Waals surface area contributed by atoms with Crippen molar-refractivity contribution in [1.29, 1.82) is 0 Å². The minimum atomic E-state index is -4.05. The summed E-state index contributed by atoms with van der Waals surface area (Å²) in [4.78, 5) is 0. The molecule has 0 amide bonds. The van der Waals surface area contributed by atoms with E-state index in [0.29, 0.717) is 0 Å². The Bertz CT molecular complexity index is 111. The van der Waals surface area contributed by atoms with E-state index in [0.717, 1.165) is 19.3 Å². The van der Waals surface area contributed by atoms with Crippen molar-refractivity contribution in [2.45, 2.75) is 31.5 Å². The third kappa shape index (κ3) is 4.48. The summed E-state index contributed by atoms with van der Waals surface area (Å²) in [6.45, 7) is -0.836. The molecule has 0 aliphatic heterocycles. The summed E-state index contributed by atoms with van der Waals surface area (Å²) >= 11 is 0. The monoisotopic (exact) mass is 189 g/mol. The zero-order valence-electron chi connectivity index (χ0n) is 5.95. The molecule has 0 spiro atoms. The lowest BCUT2D eigenvalue weighted by molar-refractivity contribution is -0.127. The number of rotatable bonds is 2. The number of alkyl halides is 3. The summed E-state index contributed by atoms with van der Waals surface area (Å²) in [5, 5.41) is 2.43. The van der Waals surface area contributed by atoms with Gasteiger partial charge >= 0.3 is 6.18 Å². The second-order valence-electron chi connectivity index (χ2n) is 2.62. The highest BCUT2D eigenvalue weighted by Crippen LogP contribution is 2.20. The van der Waals surface area contributed by atoms with E-state index in [1.54, 1.807) is 0 Å². The van der Waals surface area contributed by atoms with Crippen LogP contribution in [0.3, 0.4) is 0 Å². The lowest BCUT2D eigenvalue weighted by atomic mass is 9.93. The Morgan fingerprint density at radius 2 is 1.82 bits per heavy atom. The molecule has 0 atom stereocenters. The summed E-state index contributed by atoms with van der Waals surface area (Å²) in [5.74, 6) is 0. The molecule has 1 rings (SSSR count). The van der Waals surface area contributed by atoms with Gasteiger partial charge in [-0.3, -0.25) is 0 Å². The Hall–Kier alpha value is 0.0400. The second kappa shape index (κ2) is 4.16. The maximum absolute atomic E-state index is 11.5. The van der Waals surface area contributed by atoms with E-state index in [2.05, 4.69) is 5.32 Å². The van der Waals surface area contributed by atoms with Crippen LogP contribution in [0.5, 0.6) is 0 Å². The van der Waals surface area contributed by atoms with Crippen molar-refractivity contribution in [3.05, 3.63) is 0 Å². The third-order valence-corrected chi connectivity index (χ3v) is 1.70. The molecule has 0 bridgehead atoms. The molecule has 1 saturated carbocycles. The van der Waals surface area contributed by atoms with Crippen LogP contribution in [0.2, 0.25) is 0 Å². The average Bonchev–Trinajstić information content (AvgIpc) is 1.56. The molecule has 0 radical (unpaired) electrons. The van der Waals surface area contributed by atoms with Crippen LogP contribution in [-0.4, -0.2) is 18.8 Å². The standard InChI is InChI=1S/C6H10F3N.ClH/c7-6(8,9)4-10-5-2-1-3-5;/h5,10H,1-4H2;1H. The molecular formula is C6H11ClF3N. The number of hydrogen-bond donors (Lipinski definition) is 1. The van der Waals surface area contributed by atoms with Crippen molar-refractivity contribution in [3.63, 3.8) is 0 Å². The number of hydrogen-bond acceptors (Lipinski definition) is 1. The molecule has 1 N–H and O–H groups in total. The zero-order valence-corrected chi connectivity index (χ0v) is 6.76. The predicted molar refractivity (Wildman–Crippen MR) is 38.9 cm³/mol. The van der Waals surface area contributed by atoms with Crippen LogP contribution in [0.25, 0.3) is 0 Å². The first-order valence-corrected chi connectivity index (χ1v) is 3.38. The fraction of sp³-hybridized carbons (Fsp3) is 1.00. The Kier molecular flexibility index (Phi) is 4.18. The lowest BCUT2D eigenvalue weighted by Crippen LogP contribution is -2.40. The molecule has 0 aromatic carbocycles. The van der Waals surface area contributed by atoms with E-state index in [1.807, 2.05) is 0 Å². The summed E-state index contributed by atoms with van der Waals surface area (Å²) in [5.41, 5.74) is 0. The quantitative estimate of drug-likeness (QED) is 0.702. The largest absolute Gasteiger partial charge is 0.401 e. The van der Waals surface area contributed by atoms with Crippen molar-refractivity contribution in [2.24, 2.45) is 0 Å². The number of nitrogens with one attached hydrogen (secondary N) is 1. The normalized spacial score (nSPS) is 18.8. The maximum atomic E-state index is 11.5. The van der Waals surface area contributed by atoms with E-state index in [4.69, 9.17) is 0 Å². The first-order valence-electron chi connectivity index (χ1n) is 3.38. The van der Waals surface area contributed by atoms with Crippen LogP contribution < -0.4 is 5.32 Å². The molecule has 0 aromatic heterocycles. The fourth-order valence-electron chi connectivity index (χ4n) is 0.872. The van der Waals surface area contributed by atoms with Crippen LogP contribution in [0.4, 0.5) is 13.2 Å². The van der Waals surface area contributed by atoms with Crippen molar-refractivity contribution in [3.8, 4) is 0 Å². The first-order chi connectivity index (χ1) is 4.58. The zero-order chi connectivity index (χ0) is 7.61. The Labute approximate surface area is 69.8 Å². The molecule has 0 aromatic rings. The second-order valence-corrected chi connectivity index (χ2v) is 2.62. The van der Waals surface area contributed by atoms with Gasteiger partial charge in [0.1, 0.15) is 0 Å². The molecule has 5 heteroatoms. The van der Waals surface area contributed by atoms with Crippen LogP contribution >= 0.6 is 12.4 Å². The van der Waals surface area contributed by atoms with Gasteiger partial charge in [0.05, 0.1) is 6.54 Å². The van der Waals surface area contributed by atoms with Gasteiger partial charge in [-0.05, 0) is 12.8 Å². The molecule has 1 nitrogen and oxygen atoms in total. The highest BCUT2D eigenvalue weighted by molar-refractivity contribution is 5.85. The van der Waals surface area contributed by atoms with E-state index in [1.165, 1.54) is 0 Å². The third-order valence-electron chi connectivity index (χ3n) is 1.70. The molecule has 1 aliphatic rings. The van der Waals surface area contributed by atoms with Gasteiger partial charge in [0.2, 0.25) is 0 Å². The van der Waals surface area contributed by atoms with Crippen molar-refractivity contribution < 1.29 is 13.2 Å². The minimum absolute atomic E-state index is 0.